The number of Topliss-reactive ketones (excluding diaryl/α,β-unsaturated/α-hetero) is 1. The first kappa shape index (κ1) is 46.7. The monoisotopic (exact) mass is 906 g/mol. The van der Waals surface area contributed by atoms with Gasteiger partial charge in [-0.05, 0) is 132 Å². The summed E-state index contributed by atoms with van der Waals surface area (Å²) in [5.74, 6) is 0.168. The van der Waals surface area contributed by atoms with Crippen LogP contribution in [0, 0.1) is 11.8 Å². The Labute approximate surface area is 359 Å². The summed E-state index contributed by atoms with van der Waals surface area (Å²) in [7, 11) is -9.76. The molecule has 2 saturated carbocycles. The first-order valence-electron chi connectivity index (χ1n) is 21.2. The second-order valence-corrected chi connectivity index (χ2v) is 23.5. The van der Waals surface area contributed by atoms with Gasteiger partial charge in [0.05, 0.1) is 51.3 Å². The van der Waals surface area contributed by atoms with Crippen LogP contribution in [0.4, 0.5) is 5.13 Å². The fraction of sp³-hybridized carbons (Fsp3) is 0.605. The number of benzene rings is 2. The molecule has 3 aromatic rings. The lowest BCUT2D eigenvalue weighted by molar-refractivity contribution is -0.119. The number of nitrogens with one attached hydrogen (secondary N) is 1. The molecule has 2 saturated heterocycles. The summed E-state index contributed by atoms with van der Waals surface area (Å²) in [5, 5.41) is 4.60. The smallest absolute Gasteiger partial charge is 0.336 e. The Morgan fingerprint density at radius 2 is 1.17 bits per heavy atom. The molecule has 0 bridgehead atoms. The molecule has 1 N–H and O–H groups in total. The topological polar surface area (TPSA) is 181 Å². The third-order valence-electron chi connectivity index (χ3n) is 11.6. The van der Waals surface area contributed by atoms with Gasteiger partial charge in [-0.1, -0.05) is 24.3 Å². The van der Waals surface area contributed by atoms with Crippen LogP contribution in [0.25, 0.3) is 0 Å². The van der Waals surface area contributed by atoms with Gasteiger partial charge in [0.15, 0.2) is 24.8 Å². The minimum absolute atomic E-state index is 0.0312. The number of ketones is 1. The van der Waals surface area contributed by atoms with Crippen LogP contribution >= 0.6 is 18.9 Å². The summed E-state index contributed by atoms with van der Waals surface area (Å²) < 4.78 is 84.1. The molecule has 330 valence electrons. The predicted molar refractivity (Wildman–Crippen MR) is 231 cm³/mol. The number of carbonyl (C=O) groups excluding carboxylic acids is 2. The van der Waals surface area contributed by atoms with Crippen molar-refractivity contribution in [1.82, 2.24) is 4.98 Å². The van der Waals surface area contributed by atoms with Gasteiger partial charge in [-0.15, -0.1) is 11.3 Å². The minimum Gasteiger partial charge on any atom is -0.381 e. The number of nitrogens with zero attached hydrogens (tertiary/aromatic N) is 1. The van der Waals surface area contributed by atoms with Gasteiger partial charge in [-0.3, -0.25) is 14.2 Å². The van der Waals surface area contributed by atoms with Gasteiger partial charge in [0.1, 0.15) is 5.78 Å². The molecule has 0 radical (unpaired) electrons. The van der Waals surface area contributed by atoms with Crippen molar-refractivity contribution in [2.75, 3.05) is 45.0 Å². The zero-order chi connectivity index (χ0) is 42.9. The number of amides is 1. The van der Waals surface area contributed by atoms with E-state index in [9.17, 15) is 31.0 Å². The van der Waals surface area contributed by atoms with Crippen molar-refractivity contribution in [2.24, 2.45) is 11.8 Å². The van der Waals surface area contributed by atoms with E-state index in [4.69, 9.17) is 18.5 Å². The van der Waals surface area contributed by atoms with Crippen LogP contribution in [0.5, 0.6) is 0 Å². The van der Waals surface area contributed by atoms with E-state index in [2.05, 4.69) is 10.3 Å². The molecule has 2 aliphatic carbocycles. The van der Waals surface area contributed by atoms with Crippen LogP contribution in [0.1, 0.15) is 114 Å². The van der Waals surface area contributed by atoms with Crippen molar-refractivity contribution in [3.05, 3.63) is 70.7 Å². The van der Waals surface area contributed by atoms with E-state index in [-0.39, 0.29) is 47.5 Å². The maximum atomic E-state index is 13.5. The van der Waals surface area contributed by atoms with Crippen molar-refractivity contribution in [3.8, 4) is 0 Å². The Morgan fingerprint density at radius 3 is 1.58 bits per heavy atom. The summed E-state index contributed by atoms with van der Waals surface area (Å²) in [6.07, 6.45) is 8.19. The Kier molecular flexibility index (Phi) is 16.4. The Morgan fingerprint density at radius 1 is 0.733 bits per heavy atom. The molecule has 0 spiro atoms. The lowest BCUT2D eigenvalue weighted by Gasteiger charge is -2.26. The number of thiazole rings is 1. The molecule has 4 fully saturated rings. The van der Waals surface area contributed by atoms with Gasteiger partial charge < -0.3 is 23.8 Å². The molecular weight excluding hydrogens is 848 g/mol. The van der Waals surface area contributed by atoms with Gasteiger partial charge in [0, 0.05) is 37.7 Å². The molecule has 1 amide bonds. The van der Waals surface area contributed by atoms with Gasteiger partial charge in [0.25, 0.3) is 0 Å². The number of anilines is 1. The van der Waals surface area contributed by atoms with Crippen LogP contribution in [0.3, 0.4) is 0 Å². The van der Waals surface area contributed by atoms with Gasteiger partial charge in [-0.25, -0.2) is 21.8 Å². The Balaban J connectivity index is 0.000000224. The number of rotatable bonds is 19. The van der Waals surface area contributed by atoms with Crippen LogP contribution in [-0.2, 0) is 58.5 Å². The lowest BCUT2D eigenvalue weighted by atomic mass is 9.83. The summed E-state index contributed by atoms with van der Waals surface area (Å²) in [6.45, 7) is 8.55. The van der Waals surface area contributed by atoms with Crippen LogP contribution in [0.2, 0.25) is 0 Å². The highest BCUT2D eigenvalue weighted by Crippen LogP contribution is 2.51. The third-order valence-corrected chi connectivity index (χ3v) is 18.9. The van der Waals surface area contributed by atoms with Crippen molar-refractivity contribution in [1.29, 1.82) is 0 Å². The predicted octanol–water partition coefficient (Wildman–Crippen LogP) is 8.50. The highest BCUT2D eigenvalue weighted by Gasteiger charge is 2.38. The SMILES string of the molecule is CC(=O)[C@H](CC1CCOCC1)c1ccc(S(=O)(=O)C2CC2)cc1.CCOP(=O)(Cc1csc(NC(=O)[C@H](CC2CCOCC2)c2ccc(S(=O)(=O)C3CC3)cc2)n1)OCC. The molecule has 7 rings (SSSR count). The zero-order valence-electron chi connectivity index (χ0n) is 34.8. The normalized spacial score (nSPS) is 19.2. The van der Waals surface area contributed by atoms with Crippen LogP contribution < -0.4 is 5.32 Å². The summed E-state index contributed by atoms with van der Waals surface area (Å²) in [4.78, 5) is 30.7. The van der Waals surface area contributed by atoms with E-state index in [1.54, 1.807) is 62.5 Å². The fourth-order valence-electron chi connectivity index (χ4n) is 7.83. The summed E-state index contributed by atoms with van der Waals surface area (Å²) in [6, 6.07) is 13.7. The summed E-state index contributed by atoms with van der Waals surface area (Å²) >= 11 is 1.25. The van der Waals surface area contributed by atoms with Crippen molar-refractivity contribution in [2.45, 2.75) is 123 Å². The Bertz CT molecular complexity index is 2150. The Hall–Kier alpha value is -2.82. The largest absolute Gasteiger partial charge is 0.381 e. The number of aromatic nitrogens is 1. The average molecular weight is 907 g/mol. The maximum absolute atomic E-state index is 13.5. The standard InChI is InChI=1S/C25H35N2O7PS2.C18H24O4S/c1-3-33-35(29,34-4-2)16-20-17-36-25(26-20)27-24(28)23(15-18-11-13-32-14-12-18)19-5-7-21(8-6-19)37(30,31)22-9-10-22;1-13(19)18(12-14-8-10-22-11-9-14)15-2-4-16(5-3-15)23(20,21)17-6-7-17/h5-8,17-18,22-23H,3-4,9-16H2,1-2H3,(H,26,27,28);2-5,14,17-18H,6-12H2,1H3/t23-;18-/m10/s1. The highest BCUT2D eigenvalue weighted by atomic mass is 32.2. The van der Waals surface area contributed by atoms with E-state index in [0.29, 0.717) is 64.9 Å². The molecule has 17 heteroatoms. The molecule has 2 aromatic carbocycles. The van der Waals surface area contributed by atoms with E-state index in [0.717, 1.165) is 69.3 Å². The summed E-state index contributed by atoms with van der Waals surface area (Å²) in [5.41, 5.74) is 2.23. The first-order valence-corrected chi connectivity index (χ1v) is 26.9. The molecule has 0 unspecified atom stereocenters. The first-order chi connectivity index (χ1) is 28.7. The molecule has 13 nitrogen and oxygen atoms in total. The molecule has 3 heterocycles. The maximum Gasteiger partial charge on any atom is 0.336 e. The van der Waals surface area contributed by atoms with Crippen LogP contribution in [-0.4, -0.2) is 83.7 Å². The molecule has 2 aliphatic heterocycles. The second-order valence-electron chi connectivity index (χ2n) is 16.2. The number of carbonyl (C=O) groups is 2. The molecule has 2 atom stereocenters. The van der Waals surface area contributed by atoms with Gasteiger partial charge in [0.2, 0.25) is 5.91 Å². The molecule has 1 aromatic heterocycles. The number of ether oxygens (including phenoxy) is 2. The average Bonchev–Trinajstić information content (AvgIpc) is 4.18. The van der Waals surface area contributed by atoms with Crippen molar-refractivity contribution >= 4 is 55.4 Å². The van der Waals surface area contributed by atoms with E-state index < -0.39 is 33.2 Å². The van der Waals surface area contributed by atoms with E-state index in [1.165, 1.54) is 11.3 Å². The van der Waals surface area contributed by atoms with E-state index >= 15 is 0 Å². The van der Waals surface area contributed by atoms with Crippen LogP contribution in [0.15, 0.2) is 63.7 Å². The second kappa shape index (κ2) is 21.0. The number of hydrogen-bond acceptors (Lipinski definition) is 13. The van der Waals surface area contributed by atoms with Crippen molar-refractivity contribution in [3.63, 3.8) is 0 Å². The van der Waals surface area contributed by atoms with Crippen molar-refractivity contribution < 1.29 is 49.5 Å². The zero-order valence-corrected chi connectivity index (χ0v) is 38.1. The minimum atomic E-state index is -3.30. The third kappa shape index (κ3) is 12.6. The molecular formula is C43H59N2O11PS3. The van der Waals surface area contributed by atoms with E-state index in [1.807, 2.05) is 12.1 Å². The lowest BCUT2D eigenvalue weighted by Crippen LogP contribution is -2.26. The highest BCUT2D eigenvalue weighted by molar-refractivity contribution is 7.92. The quantitative estimate of drug-likeness (QED) is 0.114. The molecule has 4 aliphatic rings. The number of sulfone groups is 2. The fourth-order valence-corrected chi connectivity index (χ4v) is 13.6. The molecule has 60 heavy (non-hydrogen) atoms. The number of hydrogen-bond donors (Lipinski definition) is 1. The van der Waals surface area contributed by atoms with Gasteiger partial charge in [-0.2, -0.15) is 0 Å². The van der Waals surface area contributed by atoms with Gasteiger partial charge >= 0.3 is 7.60 Å².